The normalized spacial score (nSPS) is 22.0. The molecule has 0 aliphatic carbocycles. The summed E-state index contributed by atoms with van der Waals surface area (Å²) < 4.78 is 16.2. The highest BCUT2D eigenvalue weighted by Gasteiger charge is 2.43. The summed E-state index contributed by atoms with van der Waals surface area (Å²) >= 11 is 13.0. The van der Waals surface area contributed by atoms with Gasteiger partial charge in [0.25, 0.3) is 0 Å². The van der Waals surface area contributed by atoms with Crippen LogP contribution in [-0.4, -0.2) is 71.8 Å². The quantitative estimate of drug-likeness (QED) is 0.168. The molecule has 9 heteroatoms. The van der Waals surface area contributed by atoms with Gasteiger partial charge in [0.05, 0.1) is 6.04 Å². The number of fused-ring (bicyclic) bond motifs is 3. The van der Waals surface area contributed by atoms with E-state index in [1.54, 1.807) is 12.1 Å². The molecule has 4 heterocycles. The predicted octanol–water partition coefficient (Wildman–Crippen LogP) is 6.27. The van der Waals surface area contributed by atoms with E-state index in [9.17, 15) is 4.39 Å². The Labute approximate surface area is 275 Å². The molecular formula is C36H41Cl2FN6. The van der Waals surface area contributed by atoms with Crippen molar-refractivity contribution in [2.24, 2.45) is 0 Å². The maximum Gasteiger partial charge on any atom is 0.123 e. The minimum Gasteiger partial charge on any atom is -0.387 e. The molecule has 3 unspecified atom stereocenters. The van der Waals surface area contributed by atoms with Gasteiger partial charge in [-0.15, -0.1) is 0 Å². The number of halogens is 3. The number of hydrogen-bond donors (Lipinski definition) is 3. The minimum absolute atomic E-state index is 0.216. The summed E-state index contributed by atoms with van der Waals surface area (Å²) in [4.78, 5) is 5.16. The first-order chi connectivity index (χ1) is 21.9. The molecule has 4 aromatic rings. The highest BCUT2D eigenvalue weighted by Crippen LogP contribution is 2.37. The largest absolute Gasteiger partial charge is 0.387 e. The lowest BCUT2D eigenvalue weighted by Crippen LogP contribution is -2.51. The number of benzene rings is 3. The van der Waals surface area contributed by atoms with E-state index in [-0.39, 0.29) is 11.9 Å². The molecule has 1 aromatic heterocycles. The number of aromatic nitrogens is 1. The van der Waals surface area contributed by atoms with Crippen molar-refractivity contribution in [1.29, 1.82) is 0 Å². The van der Waals surface area contributed by atoms with Gasteiger partial charge in [0, 0.05) is 115 Å². The fraction of sp³-hybridized carbons (Fsp3) is 0.389. The number of aryl methyl sites for hydroxylation is 1. The summed E-state index contributed by atoms with van der Waals surface area (Å²) in [5.74, 6) is -0.216. The van der Waals surface area contributed by atoms with Gasteiger partial charge < -0.3 is 20.5 Å². The molecule has 0 amide bonds. The van der Waals surface area contributed by atoms with Crippen molar-refractivity contribution in [3.63, 3.8) is 0 Å². The Hall–Kier alpha value is -2.91. The summed E-state index contributed by atoms with van der Waals surface area (Å²) in [6.07, 6.45) is 4.38. The van der Waals surface area contributed by atoms with E-state index >= 15 is 0 Å². The summed E-state index contributed by atoms with van der Waals surface area (Å²) in [6, 6.07) is 20.8. The van der Waals surface area contributed by atoms with Crippen molar-refractivity contribution in [3.05, 3.63) is 106 Å². The molecule has 3 aromatic carbocycles. The van der Waals surface area contributed by atoms with Gasteiger partial charge in [0.15, 0.2) is 0 Å². The van der Waals surface area contributed by atoms with Gasteiger partial charge >= 0.3 is 0 Å². The number of rotatable bonds is 11. The van der Waals surface area contributed by atoms with Crippen LogP contribution < -0.4 is 16.0 Å². The fourth-order valence-electron chi connectivity index (χ4n) is 7.35. The van der Waals surface area contributed by atoms with Crippen molar-refractivity contribution in [3.8, 4) is 11.1 Å². The summed E-state index contributed by atoms with van der Waals surface area (Å²) in [7, 11) is 0. The lowest BCUT2D eigenvalue weighted by Gasteiger charge is -2.34. The molecule has 0 spiro atoms. The number of nitrogens with one attached hydrogen (secondary N) is 3. The minimum atomic E-state index is -0.216. The van der Waals surface area contributed by atoms with E-state index in [1.165, 1.54) is 22.9 Å². The van der Waals surface area contributed by atoms with E-state index in [1.807, 2.05) is 30.3 Å². The second-order valence-electron chi connectivity index (χ2n) is 12.7. The monoisotopic (exact) mass is 646 g/mol. The van der Waals surface area contributed by atoms with Gasteiger partial charge in [-0.05, 0) is 60.4 Å². The Bertz CT molecular complexity index is 1640. The zero-order valence-corrected chi connectivity index (χ0v) is 27.1. The van der Waals surface area contributed by atoms with E-state index in [0.717, 1.165) is 97.8 Å². The SMILES string of the molecule is C=C(NCCCn1cc(-c2ccc(F)cc2)c2cc(CN3CC4CC3CN4Cc3c(Cl)cccc3Cl)ccc21)C1CNCCN1. The number of hydrogen-bond acceptors (Lipinski definition) is 5. The molecule has 0 radical (unpaired) electrons. The third-order valence-electron chi connectivity index (χ3n) is 9.77. The third-order valence-corrected chi connectivity index (χ3v) is 10.5. The summed E-state index contributed by atoms with van der Waals surface area (Å²) in [5, 5.41) is 13.2. The van der Waals surface area contributed by atoms with Crippen molar-refractivity contribution in [1.82, 2.24) is 30.3 Å². The van der Waals surface area contributed by atoms with Crippen LogP contribution in [0.25, 0.3) is 22.0 Å². The van der Waals surface area contributed by atoms with Crippen LogP contribution in [0, 0.1) is 5.82 Å². The van der Waals surface area contributed by atoms with E-state index in [0.29, 0.717) is 12.1 Å². The van der Waals surface area contributed by atoms with Crippen LogP contribution in [0.4, 0.5) is 4.39 Å². The van der Waals surface area contributed by atoms with Crippen molar-refractivity contribution >= 4 is 34.1 Å². The van der Waals surface area contributed by atoms with Gasteiger partial charge in [0.1, 0.15) is 5.82 Å². The lowest BCUT2D eigenvalue weighted by atomic mass is 10.0. The average Bonchev–Trinajstić information content (AvgIpc) is 3.74. The van der Waals surface area contributed by atoms with Gasteiger partial charge in [-0.3, -0.25) is 9.80 Å². The summed E-state index contributed by atoms with van der Waals surface area (Å²) in [6.45, 7) is 12.7. The molecule has 3 atom stereocenters. The van der Waals surface area contributed by atoms with Crippen molar-refractivity contribution in [2.45, 2.75) is 50.6 Å². The molecule has 6 nitrogen and oxygen atoms in total. The zero-order chi connectivity index (χ0) is 30.9. The molecule has 3 saturated heterocycles. The van der Waals surface area contributed by atoms with Crippen molar-refractivity contribution < 1.29 is 4.39 Å². The number of nitrogens with zero attached hydrogens (tertiary/aromatic N) is 3. The second-order valence-corrected chi connectivity index (χ2v) is 13.5. The molecule has 3 aliphatic heterocycles. The highest BCUT2D eigenvalue weighted by atomic mass is 35.5. The van der Waals surface area contributed by atoms with Crippen LogP contribution in [0.15, 0.2) is 79.1 Å². The van der Waals surface area contributed by atoms with Gasteiger partial charge in [0.2, 0.25) is 0 Å². The fourth-order valence-corrected chi connectivity index (χ4v) is 7.87. The van der Waals surface area contributed by atoms with E-state index in [2.05, 4.69) is 61.3 Å². The zero-order valence-electron chi connectivity index (χ0n) is 25.5. The molecule has 45 heavy (non-hydrogen) atoms. The standard InChI is InChI=1S/C36H41Cl2FN6/c1-24(35-18-40-13-14-42-35)41-12-3-15-43-22-31(26-7-9-27(39)10-8-26)30-16-25(6-11-36(30)43)19-44-20-29-17-28(44)21-45(29)23-32-33(37)4-2-5-34(32)38/h2,4-11,16,22,28-29,35,40-42H,1,3,12-15,17-21,23H2. The number of piperazine rings is 2. The maximum atomic E-state index is 13.8. The Morgan fingerprint density at radius 2 is 1.71 bits per heavy atom. The molecular weight excluding hydrogens is 606 g/mol. The lowest BCUT2D eigenvalue weighted by molar-refractivity contribution is 0.118. The Morgan fingerprint density at radius 3 is 2.42 bits per heavy atom. The molecule has 236 valence electrons. The maximum absolute atomic E-state index is 13.8. The molecule has 7 rings (SSSR count). The van der Waals surface area contributed by atoms with E-state index in [4.69, 9.17) is 23.2 Å². The molecule has 3 fully saturated rings. The topological polar surface area (TPSA) is 47.5 Å². The van der Waals surface area contributed by atoms with Crippen LogP contribution in [0.1, 0.15) is 24.0 Å². The van der Waals surface area contributed by atoms with Gasteiger partial charge in [-0.1, -0.05) is 54.0 Å². The average molecular weight is 648 g/mol. The van der Waals surface area contributed by atoms with Crippen LogP contribution in [-0.2, 0) is 19.6 Å². The summed E-state index contributed by atoms with van der Waals surface area (Å²) in [5.41, 5.74) is 6.77. The smallest absolute Gasteiger partial charge is 0.123 e. The van der Waals surface area contributed by atoms with Crippen LogP contribution in [0.2, 0.25) is 10.0 Å². The van der Waals surface area contributed by atoms with Crippen molar-refractivity contribution in [2.75, 3.05) is 39.3 Å². The molecule has 3 N–H and O–H groups in total. The van der Waals surface area contributed by atoms with Gasteiger partial charge in [-0.25, -0.2) is 4.39 Å². The molecule has 3 aliphatic rings. The molecule has 2 bridgehead atoms. The van der Waals surface area contributed by atoms with E-state index < -0.39 is 0 Å². The molecule has 0 saturated carbocycles. The Kier molecular flexibility index (Phi) is 9.18. The van der Waals surface area contributed by atoms with Crippen LogP contribution in [0.5, 0.6) is 0 Å². The third kappa shape index (κ3) is 6.66. The highest BCUT2D eigenvalue weighted by molar-refractivity contribution is 6.36. The predicted molar refractivity (Wildman–Crippen MR) is 183 cm³/mol. The first kappa shape index (κ1) is 30.7. The van der Waals surface area contributed by atoms with Crippen LogP contribution >= 0.6 is 23.2 Å². The first-order valence-electron chi connectivity index (χ1n) is 16.1. The Balaban J connectivity index is 1.04. The Morgan fingerprint density at radius 1 is 0.956 bits per heavy atom. The first-order valence-corrected chi connectivity index (χ1v) is 16.8. The van der Waals surface area contributed by atoms with Gasteiger partial charge in [-0.2, -0.15) is 0 Å². The second kappa shape index (κ2) is 13.4. The van der Waals surface area contributed by atoms with Crippen LogP contribution in [0.3, 0.4) is 0 Å². The number of likely N-dealkylation sites (tertiary alicyclic amines) is 2.